The minimum Gasteiger partial charge on any atom is -0.462 e. The summed E-state index contributed by atoms with van der Waals surface area (Å²) in [6.07, 6.45) is 1.22. The van der Waals surface area contributed by atoms with Crippen LogP contribution >= 0.6 is 15.9 Å². The Hall–Kier alpha value is -2.06. The molecule has 0 saturated heterocycles. The molecule has 0 unspecified atom stereocenters. The summed E-state index contributed by atoms with van der Waals surface area (Å²) in [7, 11) is 0. The van der Waals surface area contributed by atoms with Gasteiger partial charge in [0.15, 0.2) is 5.57 Å². The summed E-state index contributed by atoms with van der Waals surface area (Å²) in [5.74, 6) is 4.03. The molecule has 1 aromatic rings. The maximum Gasteiger partial charge on any atom is 0.346 e. The highest BCUT2D eigenvalue weighted by Gasteiger charge is 2.20. The Bertz CT molecular complexity index is 571. The van der Waals surface area contributed by atoms with E-state index in [1.54, 1.807) is 13.8 Å². The first kappa shape index (κ1) is 17.0. The van der Waals surface area contributed by atoms with Crippen molar-refractivity contribution in [3.8, 4) is 11.8 Å². The van der Waals surface area contributed by atoms with Gasteiger partial charge in [-0.1, -0.05) is 27.8 Å². The van der Waals surface area contributed by atoms with Crippen LogP contribution < -0.4 is 0 Å². The van der Waals surface area contributed by atoms with Crippen molar-refractivity contribution in [3.05, 3.63) is 46.0 Å². The van der Waals surface area contributed by atoms with Gasteiger partial charge >= 0.3 is 11.9 Å². The summed E-state index contributed by atoms with van der Waals surface area (Å²) in [4.78, 5) is 23.4. The molecule has 0 heterocycles. The van der Waals surface area contributed by atoms with Crippen LogP contribution in [0.15, 0.2) is 40.4 Å². The Labute approximate surface area is 132 Å². The van der Waals surface area contributed by atoms with Gasteiger partial charge in [-0.15, -0.1) is 0 Å². The zero-order chi connectivity index (χ0) is 15.7. The van der Waals surface area contributed by atoms with E-state index in [9.17, 15) is 9.59 Å². The highest BCUT2D eigenvalue weighted by Crippen LogP contribution is 2.09. The number of rotatable bonds is 4. The molecule has 0 aliphatic carbocycles. The van der Waals surface area contributed by atoms with Gasteiger partial charge < -0.3 is 9.47 Å². The number of hydrogen-bond acceptors (Lipinski definition) is 4. The smallest absolute Gasteiger partial charge is 0.346 e. The van der Waals surface area contributed by atoms with Gasteiger partial charge in [0.25, 0.3) is 0 Å². The molecule has 21 heavy (non-hydrogen) atoms. The van der Waals surface area contributed by atoms with Crippen LogP contribution in [0.1, 0.15) is 19.4 Å². The van der Waals surface area contributed by atoms with Gasteiger partial charge in [-0.2, -0.15) is 0 Å². The fourth-order valence-corrected chi connectivity index (χ4v) is 1.61. The molecule has 0 saturated carbocycles. The Morgan fingerprint density at radius 2 is 1.62 bits per heavy atom. The van der Waals surface area contributed by atoms with E-state index < -0.39 is 11.9 Å². The first-order valence-corrected chi connectivity index (χ1v) is 7.19. The SMILES string of the molecule is CCOC(=O)C(=CC#Cc1ccc(Br)cc1)C(=O)OCC. The molecule has 0 bridgehead atoms. The van der Waals surface area contributed by atoms with E-state index in [0.29, 0.717) is 0 Å². The van der Waals surface area contributed by atoms with Crippen molar-refractivity contribution >= 4 is 27.9 Å². The second kappa shape index (κ2) is 8.98. The van der Waals surface area contributed by atoms with Gasteiger partial charge in [0.05, 0.1) is 13.2 Å². The number of hydrogen-bond donors (Lipinski definition) is 0. The third-order valence-corrected chi connectivity index (χ3v) is 2.80. The van der Waals surface area contributed by atoms with E-state index >= 15 is 0 Å². The van der Waals surface area contributed by atoms with Crippen LogP contribution in [-0.2, 0) is 19.1 Å². The number of carbonyl (C=O) groups excluding carboxylic acids is 2. The first-order valence-electron chi connectivity index (χ1n) is 6.40. The third-order valence-electron chi connectivity index (χ3n) is 2.27. The molecule has 0 fully saturated rings. The average molecular weight is 351 g/mol. The summed E-state index contributed by atoms with van der Waals surface area (Å²) in [5, 5.41) is 0. The van der Waals surface area contributed by atoms with E-state index in [1.165, 1.54) is 6.08 Å². The van der Waals surface area contributed by atoms with E-state index in [0.717, 1.165) is 10.0 Å². The van der Waals surface area contributed by atoms with Crippen LogP contribution in [0.5, 0.6) is 0 Å². The van der Waals surface area contributed by atoms with Gasteiger partial charge in [-0.25, -0.2) is 9.59 Å². The maximum absolute atomic E-state index is 11.7. The first-order chi connectivity index (χ1) is 10.1. The quantitative estimate of drug-likeness (QED) is 0.275. The minimum atomic E-state index is -0.735. The van der Waals surface area contributed by atoms with Crippen LogP contribution in [-0.4, -0.2) is 25.2 Å². The molecular weight excluding hydrogens is 336 g/mol. The fraction of sp³-hybridized carbons (Fsp3) is 0.250. The summed E-state index contributed by atoms with van der Waals surface area (Å²) >= 11 is 3.33. The van der Waals surface area contributed by atoms with Crippen LogP contribution in [0.2, 0.25) is 0 Å². The summed E-state index contributed by atoms with van der Waals surface area (Å²) in [6.45, 7) is 3.67. The second-order valence-electron chi connectivity index (χ2n) is 3.78. The molecule has 5 heteroatoms. The second-order valence-corrected chi connectivity index (χ2v) is 4.69. The van der Waals surface area contributed by atoms with E-state index in [-0.39, 0.29) is 18.8 Å². The lowest BCUT2D eigenvalue weighted by Crippen LogP contribution is -2.18. The summed E-state index contributed by atoms with van der Waals surface area (Å²) in [6, 6.07) is 7.34. The summed E-state index contributed by atoms with van der Waals surface area (Å²) in [5.41, 5.74) is 0.560. The third kappa shape index (κ3) is 5.84. The molecule has 0 amide bonds. The number of esters is 2. The van der Waals surface area contributed by atoms with Crippen molar-refractivity contribution < 1.29 is 19.1 Å². The van der Waals surface area contributed by atoms with Gasteiger partial charge in [0, 0.05) is 16.1 Å². The topological polar surface area (TPSA) is 52.6 Å². The molecule has 0 radical (unpaired) electrons. The van der Waals surface area contributed by atoms with E-state index in [4.69, 9.17) is 9.47 Å². The predicted octanol–water partition coefficient (Wildman–Crippen LogP) is 2.85. The van der Waals surface area contributed by atoms with Gasteiger partial charge in [0.1, 0.15) is 0 Å². The van der Waals surface area contributed by atoms with Crippen LogP contribution in [0.25, 0.3) is 0 Å². The highest BCUT2D eigenvalue weighted by atomic mass is 79.9. The molecule has 0 N–H and O–H groups in total. The van der Waals surface area contributed by atoms with Gasteiger partial charge in [0.2, 0.25) is 0 Å². The molecule has 0 atom stereocenters. The van der Waals surface area contributed by atoms with Crippen molar-refractivity contribution in [2.24, 2.45) is 0 Å². The molecule has 1 aromatic carbocycles. The average Bonchev–Trinajstić information content (AvgIpc) is 2.46. The Balaban J connectivity index is 2.95. The Morgan fingerprint density at radius 3 is 2.10 bits per heavy atom. The normalized spacial score (nSPS) is 9.10. The molecule has 0 aliphatic rings. The zero-order valence-electron chi connectivity index (χ0n) is 11.8. The summed E-state index contributed by atoms with van der Waals surface area (Å²) < 4.78 is 10.6. The van der Waals surface area contributed by atoms with Crippen molar-refractivity contribution in [1.82, 2.24) is 0 Å². The molecule has 0 spiro atoms. The van der Waals surface area contributed by atoms with Crippen LogP contribution in [0.4, 0.5) is 0 Å². The van der Waals surface area contributed by atoms with Crippen molar-refractivity contribution in [3.63, 3.8) is 0 Å². The Kier molecular flexibility index (Phi) is 7.27. The minimum absolute atomic E-state index is 0.176. The standard InChI is InChI=1S/C16H15BrO4/c1-3-20-15(18)14(16(19)21-4-2)7-5-6-12-8-10-13(17)11-9-12/h7-11H,3-4H2,1-2H3. The van der Waals surface area contributed by atoms with E-state index in [2.05, 4.69) is 27.8 Å². The van der Waals surface area contributed by atoms with Crippen LogP contribution in [0, 0.1) is 11.8 Å². The molecule has 110 valence electrons. The van der Waals surface area contributed by atoms with Crippen molar-refractivity contribution in [2.75, 3.05) is 13.2 Å². The number of carbonyl (C=O) groups is 2. The molecule has 1 rings (SSSR count). The highest BCUT2D eigenvalue weighted by molar-refractivity contribution is 9.10. The van der Waals surface area contributed by atoms with Crippen molar-refractivity contribution in [2.45, 2.75) is 13.8 Å². The number of halogens is 1. The van der Waals surface area contributed by atoms with Gasteiger partial charge in [-0.3, -0.25) is 0 Å². The lowest BCUT2D eigenvalue weighted by molar-refractivity contribution is -0.146. The number of benzene rings is 1. The van der Waals surface area contributed by atoms with Crippen LogP contribution in [0.3, 0.4) is 0 Å². The van der Waals surface area contributed by atoms with E-state index in [1.807, 2.05) is 24.3 Å². The van der Waals surface area contributed by atoms with Crippen molar-refractivity contribution in [1.29, 1.82) is 0 Å². The zero-order valence-corrected chi connectivity index (χ0v) is 13.4. The van der Waals surface area contributed by atoms with Gasteiger partial charge in [-0.05, 0) is 38.1 Å². The maximum atomic E-state index is 11.7. The Morgan fingerprint density at radius 1 is 1.10 bits per heavy atom. The molecular formula is C16H15BrO4. The monoisotopic (exact) mass is 350 g/mol. The molecule has 0 aromatic heterocycles. The number of ether oxygens (including phenoxy) is 2. The molecule has 0 aliphatic heterocycles. The predicted molar refractivity (Wildman–Crippen MR) is 82.4 cm³/mol. The number of allylic oxidation sites excluding steroid dienone is 1. The fourth-order valence-electron chi connectivity index (χ4n) is 1.34. The lowest BCUT2D eigenvalue weighted by Gasteiger charge is -2.04. The largest absolute Gasteiger partial charge is 0.462 e. The lowest BCUT2D eigenvalue weighted by atomic mass is 10.2. The molecule has 4 nitrogen and oxygen atoms in total.